The number of anilines is 4. The van der Waals surface area contributed by atoms with E-state index in [1.165, 1.54) is 49.1 Å². The van der Waals surface area contributed by atoms with Crippen LogP contribution in [0.15, 0.2) is 85.7 Å². The number of ether oxygens (including phenoxy) is 2. The van der Waals surface area contributed by atoms with E-state index in [1.807, 2.05) is 39.8 Å². The first-order chi connectivity index (χ1) is 69.4. The van der Waals surface area contributed by atoms with E-state index in [1.54, 1.807) is 52.5 Å². The number of H-pyrrole nitrogens is 2. The number of aromatic amines is 2. The van der Waals surface area contributed by atoms with Gasteiger partial charge < -0.3 is 50.9 Å². The Kier molecular flexibility index (Phi) is 5.91. The Hall–Kier alpha value is -8.41. The maximum atomic E-state index is 14.3. The molecule has 0 bridgehead atoms. The fourth-order valence-corrected chi connectivity index (χ4v) is 7.88. The fourth-order valence-electron chi connectivity index (χ4n) is 7.62. The van der Waals surface area contributed by atoms with Gasteiger partial charge in [-0.1, -0.05) is 17.7 Å². The quantitative estimate of drug-likeness (QED) is 0.0609. The van der Waals surface area contributed by atoms with Gasteiger partial charge in [-0.3, -0.25) is 0 Å². The predicted molar refractivity (Wildman–Crippen MR) is 349 cm³/mol. The van der Waals surface area contributed by atoms with E-state index >= 15 is 0 Å². The lowest BCUT2D eigenvalue weighted by Crippen LogP contribution is -2.41. The number of nitrogens with two attached hydrogens (primary N) is 2. The van der Waals surface area contributed by atoms with Gasteiger partial charge >= 0.3 is 19.1 Å². The zero-order valence-electron chi connectivity index (χ0n) is 110. The summed E-state index contributed by atoms with van der Waals surface area (Å²) in [6.07, 6.45) is 9.35. The number of fused-ring (bicyclic) bond motifs is 6. The van der Waals surface area contributed by atoms with Crippen molar-refractivity contribution in [1.82, 2.24) is 59.8 Å². The van der Waals surface area contributed by atoms with Gasteiger partial charge in [-0.2, -0.15) is 19.9 Å². The number of aromatic nitrogens is 12. The standard InChI is InChI=1S/C21H17FN8O.C16H12ClFN6O.C11H17BN2O2.36H2/c1-10-26-8-12(9-27-10)31-21-29-18(13-4-3-5-25-19(13)23)16-14-6-11(22)7-15(24-2)17(14)28-20(16)30-21;1-7-20-5-9(6-21-7)25-16-23-14(17)12-10-3-8(18)4-11(19-2)13(10)22-15(12)24-16;1-10(2)11(3,4)16-12(15-10)8-6-5-7-14-9(8)13;;;;;;;;;;;;;;;;;;;;;;;;;;;;;;;;;;;;/h3-9,24H,1-2H3,(H2,23,25)(H,28,29,30);3-6,19H,1-2H3,(H,22,23,24);5-7H,1-4H3,(H2,13,14);36*1H/i;;;35*1+1D;1+1. The first-order valence-electron chi connectivity index (χ1n) is 57.2. The molecule has 72 heavy (non-hydrogen) atoms. The summed E-state index contributed by atoms with van der Waals surface area (Å²) in [7, 11) is 3.00. The Morgan fingerprint density at radius 2 is 1.14 bits per heavy atom. The molecule has 1 aliphatic heterocycles. The van der Waals surface area contributed by atoms with Crippen LogP contribution in [0.5, 0.6) is 23.5 Å². The number of hydrogen-bond donors (Lipinski definition) is 6. The van der Waals surface area contributed by atoms with Crippen LogP contribution in [-0.4, -0.2) is 92.2 Å². The third-order valence-corrected chi connectivity index (χ3v) is 12.2. The van der Waals surface area contributed by atoms with Crippen LogP contribution >= 0.6 is 11.6 Å². The summed E-state index contributed by atoms with van der Waals surface area (Å²) in [5, 5.41) is 8.44. The molecule has 0 radical (unpaired) electrons. The highest BCUT2D eigenvalue weighted by molar-refractivity contribution is 6.63. The average Bonchev–Trinajstić information content (AvgIpc) is 1.60. The molecule has 10 aromatic rings. The van der Waals surface area contributed by atoms with Gasteiger partial charge in [0.1, 0.15) is 51.4 Å². The largest absolute Gasteiger partial charge is 0.498 e. The zero-order chi connectivity index (χ0) is 121. The van der Waals surface area contributed by atoms with E-state index in [0.29, 0.717) is 95.5 Å². The molecule has 24 heteroatoms. The van der Waals surface area contributed by atoms with Crippen molar-refractivity contribution in [2.75, 3.05) is 36.2 Å². The molecule has 8 N–H and O–H groups in total. The van der Waals surface area contributed by atoms with Crippen LogP contribution in [0.4, 0.5) is 31.8 Å². The Morgan fingerprint density at radius 3 is 1.64 bits per heavy atom. The van der Waals surface area contributed by atoms with Crippen molar-refractivity contribution in [3.05, 3.63) is 114 Å². The summed E-state index contributed by atoms with van der Waals surface area (Å²) < 4.78 is 401. The predicted octanol–water partition coefficient (Wildman–Crippen LogP) is 17.5. The third-order valence-electron chi connectivity index (χ3n) is 11.9. The second-order valence-corrected chi connectivity index (χ2v) is 17.6. The number of nitrogens with zero attached hydrogens (tertiary/aromatic N) is 10. The van der Waals surface area contributed by atoms with E-state index in [4.69, 9.17) is 146 Å². The van der Waals surface area contributed by atoms with Crippen molar-refractivity contribution in [1.29, 1.82) is 0 Å². The molecule has 9 heterocycles. The van der Waals surface area contributed by atoms with E-state index in [2.05, 4.69) is 70.4 Å². The molecule has 8 aromatic heterocycles. The van der Waals surface area contributed by atoms with Crippen LogP contribution < -0.4 is 37.0 Å². The van der Waals surface area contributed by atoms with Gasteiger partial charge in [0.25, 0.3) is 0 Å². The second kappa shape index (κ2) is 19.4. The summed E-state index contributed by atoms with van der Waals surface area (Å²) in [5.41, 5.74) is 16.6. The molecule has 11 rings (SSSR count). The van der Waals surface area contributed by atoms with E-state index < -0.39 is 7.12 Å². The minimum absolute atomic E-state index is 0. The zero-order valence-corrected chi connectivity index (χ0v) is 40.8. The lowest BCUT2D eigenvalue weighted by atomic mass is 9.79. The molecule has 0 atom stereocenters. The van der Waals surface area contributed by atoms with Crippen molar-refractivity contribution >= 4 is 91.1 Å². The average molecular weight is 1140 g/mol. The molecule has 1 fully saturated rings. The molecular weight excluding hydrogens is 949 g/mol. The van der Waals surface area contributed by atoms with Gasteiger partial charge in [-0.05, 0) is 84.0 Å². The van der Waals surface area contributed by atoms with E-state index in [-0.39, 0.29) is 47.3 Å². The number of aryl methyl sites for hydroxylation is 2. The summed E-state index contributed by atoms with van der Waals surface area (Å²) in [6, 6.07) is 13.0. The number of hydrogen-bond acceptors (Lipinski definition) is 18. The molecule has 438 valence electrons. The second-order valence-electron chi connectivity index (χ2n) is 17.2. The molecule has 0 saturated carbocycles. The van der Waals surface area contributed by atoms with Gasteiger partial charge in [-0.15, -0.1) is 0 Å². The van der Waals surface area contributed by atoms with Crippen molar-refractivity contribution < 1.29 is 133 Å². The van der Waals surface area contributed by atoms with Crippen molar-refractivity contribution in [2.24, 2.45) is 0 Å². The van der Waals surface area contributed by atoms with Gasteiger partial charge in [0.15, 0.2) is 11.5 Å². The van der Waals surface area contributed by atoms with Crippen molar-refractivity contribution in [3.63, 3.8) is 0 Å². The highest BCUT2D eigenvalue weighted by Gasteiger charge is 2.52. The van der Waals surface area contributed by atoms with Crippen molar-refractivity contribution in [2.45, 2.75) is 52.7 Å². The Balaban J connectivity index is -0.0000000412. The molecule has 2 aromatic carbocycles. The summed E-state index contributed by atoms with van der Waals surface area (Å²) in [6.45, 7) is 11.6. The number of halogens is 3. The van der Waals surface area contributed by atoms with Crippen LogP contribution in [0.2, 0.25) is 5.15 Å². The Bertz CT molecular complexity index is 3770. The Morgan fingerprint density at radius 1 is 0.667 bits per heavy atom. The first-order valence-corrected chi connectivity index (χ1v) is 22.6. The van der Waals surface area contributed by atoms with Crippen LogP contribution in [0.1, 0.15) is 145 Å². The SMILES string of the molecule is CC1(C)OB(c2cccnc2N)OC1(C)C.CNc1cc(F)cc2c1[nH]c1nc(Oc3cnc(C)nc3)nc(-c3cccnc3N)c12.CNc1cc(F)cc2c1[nH]c1nc(Oc3cnc(C)nc3)nc(Cl)c12.[2HH].[2H][2H].[2H][2H].[2H][2H].[2H][2H].[2H][2H].[2H][2H].[2H][2H].[2H][2H].[2H][2H].[2H][2H].[2H][2H].[2H][2H].[2H][2H].[2H][2H].[2H][2H].[2H][2H].[2H][2H].[2H][2H].[2H][2H].[2H][2H].[2H][2H].[2H][2H].[2H][2H].[2H][2H].[2H][2H].[2H][2H].[2H][2H].[2H][2H].[2H][2H].[2H][2H].[2H][2H].[2H][2H].[2H][2H].[2H][2H].[2H][2H]. The summed E-state index contributed by atoms with van der Waals surface area (Å²) >= 11 is 6.30. The molecule has 1 saturated heterocycles. The van der Waals surface area contributed by atoms with E-state index in [9.17, 15) is 8.78 Å². The van der Waals surface area contributed by atoms with Crippen LogP contribution in [-0.2, 0) is 9.31 Å². The summed E-state index contributed by atoms with van der Waals surface area (Å²) in [5.74, 6) is 1.98. The lowest BCUT2D eigenvalue weighted by molar-refractivity contribution is 0.00578. The highest BCUT2D eigenvalue weighted by atomic mass is 35.5. The van der Waals surface area contributed by atoms with Crippen LogP contribution in [0.25, 0.3) is 55.1 Å². The highest BCUT2D eigenvalue weighted by Crippen LogP contribution is 2.40. The summed E-state index contributed by atoms with van der Waals surface area (Å²) in [4.78, 5) is 48.4. The normalized spacial score (nSPS) is 17.6. The number of nitrogens with one attached hydrogen (secondary N) is 4. The minimum Gasteiger partial charge on any atom is -0.421 e. The topological polar surface area (TPSA) is 274 Å². The van der Waals surface area contributed by atoms with Crippen LogP contribution in [0, 0.1) is 25.5 Å². The van der Waals surface area contributed by atoms with Crippen LogP contribution in [0.3, 0.4) is 0 Å². The first kappa shape index (κ1) is 21.9. The monoisotopic (exact) mass is 1140 g/mol. The number of nitrogen functional groups attached to an aromatic ring is 2. The van der Waals surface area contributed by atoms with E-state index in [0.717, 1.165) is 5.46 Å². The molecular formula is C48H118BClF2N16O4. The molecule has 0 aliphatic carbocycles. The maximum Gasteiger partial charge on any atom is 0.498 e. The van der Waals surface area contributed by atoms with Crippen molar-refractivity contribution in [3.8, 4) is 34.8 Å². The lowest BCUT2D eigenvalue weighted by Gasteiger charge is -2.32. The maximum absolute atomic E-state index is 14.3. The smallest absolute Gasteiger partial charge is 0.421 e. The molecule has 0 unspecified atom stereocenters. The van der Waals surface area contributed by atoms with Gasteiger partial charge in [0.2, 0.25) is 0 Å². The van der Waals surface area contributed by atoms with Gasteiger partial charge in [0.05, 0.1) is 74.9 Å². The molecule has 20 nitrogen and oxygen atoms in total. The molecule has 0 spiro atoms. The Labute approximate surface area is 524 Å². The molecule has 0 amide bonds. The molecule has 1 aliphatic rings. The number of benzene rings is 2. The van der Waals surface area contributed by atoms with Gasteiger partial charge in [-0.25, -0.2) is 38.7 Å². The fraction of sp³-hybridized carbons (Fsp3) is 0.208. The minimum atomic E-state index is -0.432. The third kappa shape index (κ3) is 9.71. The number of pyridine rings is 2. The number of rotatable bonds is 8. The van der Waals surface area contributed by atoms with Gasteiger partial charge in [0, 0.05) is 154 Å².